The van der Waals surface area contributed by atoms with Gasteiger partial charge < -0.3 is 9.52 Å². The third kappa shape index (κ3) is 4.72. The molecule has 13 heteroatoms. The summed E-state index contributed by atoms with van der Waals surface area (Å²) in [7, 11) is 0. The van der Waals surface area contributed by atoms with Gasteiger partial charge in [-0.25, -0.2) is 18.2 Å². The maximum Gasteiger partial charge on any atom is 0.417 e. The average Bonchev–Trinajstić information content (AvgIpc) is 3.23. The summed E-state index contributed by atoms with van der Waals surface area (Å²) < 4.78 is 87.4. The molecule has 3 aromatic rings. The molecule has 1 aromatic heterocycles. The number of oxazole rings is 1. The number of halogens is 6. The van der Waals surface area contributed by atoms with Crippen molar-refractivity contribution in [2.45, 2.75) is 24.9 Å². The van der Waals surface area contributed by atoms with E-state index < -0.39 is 48.4 Å². The Morgan fingerprint density at radius 2 is 1.88 bits per heavy atom. The zero-order chi connectivity index (χ0) is 24.7. The number of aromatic nitrogens is 1. The highest BCUT2D eigenvalue weighted by molar-refractivity contribution is 5.71. The molecule has 34 heavy (non-hydrogen) atoms. The lowest BCUT2D eigenvalue weighted by Gasteiger charge is -2.41. The Kier molecular flexibility index (Phi) is 6.02. The number of hydrogen-bond donors (Lipinski definition) is 1. The van der Waals surface area contributed by atoms with Crippen molar-refractivity contribution >= 4 is 0 Å². The van der Waals surface area contributed by atoms with Crippen molar-refractivity contribution in [2.75, 3.05) is 13.1 Å². The van der Waals surface area contributed by atoms with Gasteiger partial charge in [0, 0.05) is 16.0 Å². The Morgan fingerprint density at radius 1 is 1.18 bits per heavy atom. The van der Waals surface area contributed by atoms with Crippen LogP contribution in [-0.4, -0.2) is 34.0 Å². The van der Waals surface area contributed by atoms with Crippen LogP contribution >= 0.6 is 0 Å². The lowest BCUT2D eigenvalue weighted by Crippen LogP contribution is -2.57. The minimum absolute atomic E-state index is 0.00300. The van der Waals surface area contributed by atoms with Gasteiger partial charge in [0.1, 0.15) is 17.8 Å². The zero-order valence-electron chi connectivity index (χ0n) is 17.1. The molecule has 2 aromatic carbocycles. The molecule has 1 aliphatic rings. The second kappa shape index (κ2) is 8.67. The summed E-state index contributed by atoms with van der Waals surface area (Å²) in [6, 6.07) is 6.38. The summed E-state index contributed by atoms with van der Waals surface area (Å²) in [4.78, 5) is 7.37. The molecule has 0 bridgehead atoms. The molecule has 4 rings (SSSR count). The van der Waals surface area contributed by atoms with Gasteiger partial charge in [-0.3, -0.25) is 4.90 Å². The quantitative estimate of drug-likeness (QED) is 0.204. The predicted molar refractivity (Wildman–Crippen MR) is 107 cm³/mol. The van der Waals surface area contributed by atoms with Gasteiger partial charge in [-0.15, -0.1) is 0 Å². The molecule has 0 radical (unpaired) electrons. The number of azide groups is 1. The topological polar surface area (TPSA) is 98.3 Å². The van der Waals surface area contributed by atoms with Crippen LogP contribution in [0.15, 0.2) is 52.1 Å². The van der Waals surface area contributed by atoms with Gasteiger partial charge in [0.2, 0.25) is 5.89 Å². The zero-order valence-corrected chi connectivity index (χ0v) is 17.1. The number of likely N-dealkylation sites (tertiary alicyclic amines) is 1. The molecule has 178 valence electrons. The van der Waals surface area contributed by atoms with E-state index in [1.165, 1.54) is 18.2 Å². The van der Waals surface area contributed by atoms with Crippen LogP contribution in [0.2, 0.25) is 0 Å². The van der Waals surface area contributed by atoms with Crippen LogP contribution in [0, 0.1) is 5.82 Å². The van der Waals surface area contributed by atoms with Crippen LogP contribution in [0.1, 0.15) is 23.1 Å². The first-order chi connectivity index (χ1) is 16.0. The van der Waals surface area contributed by atoms with Crippen molar-refractivity contribution in [3.05, 3.63) is 75.7 Å². The molecule has 1 N–H and O–H groups in total. The SMILES string of the molecule is [N-]=[N+]=NCc1cnc(-c2ccc(-c3ccc(C(O)N4CC(F)(F)C4)cc3F)cc2C(F)(F)F)o1. The van der Waals surface area contributed by atoms with Crippen molar-refractivity contribution in [2.24, 2.45) is 5.11 Å². The molecule has 0 aliphatic carbocycles. The van der Waals surface area contributed by atoms with E-state index in [0.717, 1.165) is 29.3 Å². The fraction of sp³-hybridized carbons (Fsp3) is 0.286. The third-order valence-electron chi connectivity index (χ3n) is 5.22. The maximum atomic E-state index is 14.8. The Balaban J connectivity index is 1.66. The van der Waals surface area contributed by atoms with Gasteiger partial charge >= 0.3 is 6.18 Å². The molecule has 1 unspecified atom stereocenters. The van der Waals surface area contributed by atoms with Crippen molar-refractivity contribution < 1.29 is 35.9 Å². The van der Waals surface area contributed by atoms with Crippen LogP contribution in [0.4, 0.5) is 26.3 Å². The Bertz CT molecular complexity index is 1260. The first-order valence-corrected chi connectivity index (χ1v) is 9.75. The van der Waals surface area contributed by atoms with E-state index in [1.807, 2.05) is 0 Å². The number of alkyl halides is 5. The molecule has 2 heterocycles. The summed E-state index contributed by atoms with van der Waals surface area (Å²) in [5.74, 6) is -4.16. The number of hydrogen-bond acceptors (Lipinski definition) is 5. The van der Waals surface area contributed by atoms with Crippen molar-refractivity contribution in [1.29, 1.82) is 0 Å². The second-order valence-corrected chi connectivity index (χ2v) is 7.65. The van der Waals surface area contributed by atoms with Crippen molar-refractivity contribution in [3.63, 3.8) is 0 Å². The smallest absolute Gasteiger partial charge is 0.417 e. The molecule has 1 atom stereocenters. The van der Waals surface area contributed by atoms with Gasteiger partial charge in [0.15, 0.2) is 0 Å². The molecule has 0 saturated carbocycles. The van der Waals surface area contributed by atoms with Crippen molar-refractivity contribution in [1.82, 2.24) is 9.88 Å². The predicted octanol–water partition coefficient (Wildman–Crippen LogP) is 5.92. The first kappa shape index (κ1) is 23.6. The highest BCUT2D eigenvalue weighted by atomic mass is 19.4. The molecule has 7 nitrogen and oxygen atoms in total. The number of nitrogens with zero attached hydrogens (tertiary/aromatic N) is 5. The van der Waals surface area contributed by atoms with Crippen LogP contribution < -0.4 is 0 Å². The van der Waals surface area contributed by atoms with Gasteiger partial charge in [-0.2, -0.15) is 13.2 Å². The summed E-state index contributed by atoms with van der Waals surface area (Å²) in [5.41, 5.74) is 6.53. The minimum atomic E-state index is -4.83. The number of aliphatic hydroxyl groups excluding tert-OH is 1. The first-order valence-electron chi connectivity index (χ1n) is 9.75. The highest BCUT2D eigenvalue weighted by Gasteiger charge is 2.46. The van der Waals surface area contributed by atoms with Crippen LogP contribution in [0.5, 0.6) is 0 Å². The van der Waals surface area contributed by atoms with E-state index in [-0.39, 0.29) is 34.9 Å². The normalized spacial score (nSPS) is 16.6. The maximum absolute atomic E-state index is 14.8. The fourth-order valence-corrected chi connectivity index (χ4v) is 3.60. The largest absolute Gasteiger partial charge is 0.441 e. The van der Waals surface area contributed by atoms with E-state index in [1.54, 1.807) is 0 Å². The van der Waals surface area contributed by atoms with Gasteiger partial charge in [0.05, 0.1) is 31.4 Å². The minimum Gasteiger partial charge on any atom is -0.441 e. The lowest BCUT2D eigenvalue weighted by atomic mass is 9.96. The molecule has 1 aliphatic heterocycles. The van der Waals surface area contributed by atoms with Gasteiger partial charge in [-0.05, 0) is 34.9 Å². The molecular formula is C21H15F6N5O2. The number of aliphatic hydroxyl groups is 1. The number of rotatable bonds is 6. The Labute approximate surface area is 187 Å². The monoisotopic (exact) mass is 483 g/mol. The second-order valence-electron chi connectivity index (χ2n) is 7.65. The number of benzene rings is 2. The summed E-state index contributed by atoms with van der Waals surface area (Å²) in [6.07, 6.45) is -5.17. The van der Waals surface area contributed by atoms with Crippen LogP contribution in [0.3, 0.4) is 0 Å². The van der Waals surface area contributed by atoms with Gasteiger partial charge in [-0.1, -0.05) is 23.3 Å². The van der Waals surface area contributed by atoms with Crippen molar-refractivity contribution in [3.8, 4) is 22.6 Å². The van der Waals surface area contributed by atoms with Crippen LogP contribution in [-0.2, 0) is 12.7 Å². The summed E-state index contributed by atoms with van der Waals surface area (Å²) in [6.45, 7) is -1.60. The summed E-state index contributed by atoms with van der Waals surface area (Å²) in [5, 5.41) is 13.4. The van der Waals surface area contributed by atoms with E-state index >= 15 is 0 Å². The Hall–Kier alpha value is -3.54. The van der Waals surface area contributed by atoms with E-state index in [4.69, 9.17) is 9.95 Å². The van der Waals surface area contributed by atoms with E-state index in [2.05, 4.69) is 15.0 Å². The van der Waals surface area contributed by atoms with Gasteiger partial charge in [0.25, 0.3) is 5.92 Å². The highest BCUT2D eigenvalue weighted by Crippen LogP contribution is 2.40. The molecular weight excluding hydrogens is 468 g/mol. The average molecular weight is 483 g/mol. The Morgan fingerprint density at radius 3 is 2.50 bits per heavy atom. The van der Waals surface area contributed by atoms with E-state index in [9.17, 15) is 31.4 Å². The molecule has 0 amide bonds. The molecule has 1 saturated heterocycles. The third-order valence-corrected chi connectivity index (χ3v) is 5.22. The van der Waals surface area contributed by atoms with E-state index in [0.29, 0.717) is 0 Å². The molecule has 0 spiro atoms. The fourth-order valence-electron chi connectivity index (χ4n) is 3.60. The summed E-state index contributed by atoms with van der Waals surface area (Å²) >= 11 is 0. The lowest BCUT2D eigenvalue weighted by molar-refractivity contribution is -0.186. The van der Waals surface area contributed by atoms with Crippen LogP contribution in [0.25, 0.3) is 33.0 Å². The standard InChI is InChI=1S/C21H15F6N5O2/c22-17-6-12(19(33)32-9-20(23,24)10-32)2-3-14(17)11-1-4-15(16(5-11)21(25,26)27)18-29-7-13(34-18)8-30-31-28/h1-7,19,33H,8-10H2. The molecule has 1 fully saturated rings.